The summed E-state index contributed by atoms with van der Waals surface area (Å²) in [7, 11) is 0. The Hall–Kier alpha value is -1.71. The zero-order valence-corrected chi connectivity index (χ0v) is 6.81. The number of rotatable bonds is 0. The number of nitrogens with one attached hydrogen (secondary N) is 1. The molecule has 0 fully saturated rings. The fourth-order valence-electron chi connectivity index (χ4n) is 0.589. The maximum Gasteiger partial charge on any atom is 0.0919 e. The Bertz CT molecular complexity index is 260. The maximum absolute atomic E-state index is 3.92. The summed E-state index contributed by atoms with van der Waals surface area (Å²) in [5.41, 5.74) is 0.961. The molecule has 0 unspecified atom stereocenters. The van der Waals surface area contributed by atoms with E-state index in [1.165, 1.54) is 0 Å². The first kappa shape index (κ1) is 8.39. The Morgan fingerprint density at radius 1 is 1.17 bits per heavy atom. The Kier molecular flexibility index (Phi) is 3.50. The van der Waals surface area contributed by atoms with E-state index in [2.05, 4.69) is 19.9 Å². The molecule has 0 aliphatic rings. The molecular formula is C8H10N4. The van der Waals surface area contributed by atoms with Crippen LogP contribution in [0.3, 0.4) is 0 Å². The van der Waals surface area contributed by atoms with Crippen molar-refractivity contribution < 1.29 is 0 Å². The van der Waals surface area contributed by atoms with Crippen molar-refractivity contribution in [3.05, 3.63) is 43.0 Å². The van der Waals surface area contributed by atoms with E-state index >= 15 is 0 Å². The zero-order chi connectivity index (χ0) is 8.65. The highest BCUT2D eigenvalue weighted by atomic mass is 14.8. The third-order valence-electron chi connectivity index (χ3n) is 1.10. The highest BCUT2D eigenvalue weighted by Crippen LogP contribution is 1.81. The summed E-state index contributed by atoms with van der Waals surface area (Å²) in [6.45, 7) is 1.91. The predicted molar refractivity (Wildman–Crippen MR) is 45.4 cm³/mol. The predicted octanol–water partition coefficient (Wildman–Crippen LogP) is 1.19. The van der Waals surface area contributed by atoms with Crippen LogP contribution in [0.1, 0.15) is 5.69 Å². The average molecular weight is 162 g/mol. The number of aromatic amines is 1. The molecule has 0 saturated heterocycles. The lowest BCUT2D eigenvalue weighted by atomic mass is 10.5. The van der Waals surface area contributed by atoms with E-state index in [-0.39, 0.29) is 0 Å². The van der Waals surface area contributed by atoms with E-state index < -0.39 is 0 Å². The lowest BCUT2D eigenvalue weighted by Crippen LogP contribution is -1.77. The van der Waals surface area contributed by atoms with Crippen LogP contribution < -0.4 is 0 Å². The van der Waals surface area contributed by atoms with E-state index in [9.17, 15) is 0 Å². The Balaban J connectivity index is 0.000000127. The first-order valence-corrected chi connectivity index (χ1v) is 3.55. The molecule has 1 N–H and O–H groups in total. The van der Waals surface area contributed by atoms with E-state index in [0.717, 1.165) is 5.69 Å². The number of hydrogen-bond donors (Lipinski definition) is 1. The van der Waals surface area contributed by atoms with Gasteiger partial charge in [-0.1, -0.05) is 0 Å². The number of hydrogen-bond acceptors (Lipinski definition) is 3. The Morgan fingerprint density at radius 3 is 2.33 bits per heavy atom. The van der Waals surface area contributed by atoms with Gasteiger partial charge in [-0.2, -0.15) is 0 Å². The fraction of sp³-hybridized carbons (Fsp3) is 0.125. The highest BCUT2D eigenvalue weighted by molar-refractivity contribution is 4.88. The van der Waals surface area contributed by atoms with Gasteiger partial charge >= 0.3 is 0 Å². The first-order chi connectivity index (χ1) is 5.89. The number of H-pyrrole nitrogens is 1. The molecule has 0 atom stereocenters. The normalized spacial score (nSPS) is 8.42. The SMILES string of the molecule is Cc1cnccn1.c1c[nH]cn1. The molecule has 0 aliphatic carbocycles. The summed E-state index contributed by atoms with van der Waals surface area (Å²) < 4.78 is 0. The third kappa shape index (κ3) is 3.46. The van der Waals surface area contributed by atoms with Crippen LogP contribution in [-0.2, 0) is 0 Å². The van der Waals surface area contributed by atoms with Crippen molar-refractivity contribution in [3.8, 4) is 0 Å². The molecule has 2 aromatic rings. The minimum atomic E-state index is 0.961. The van der Waals surface area contributed by atoms with Gasteiger partial charge in [0.1, 0.15) is 0 Å². The molecule has 0 amide bonds. The molecule has 2 rings (SSSR count). The summed E-state index contributed by atoms with van der Waals surface area (Å²) >= 11 is 0. The molecule has 0 aliphatic heterocycles. The van der Waals surface area contributed by atoms with Crippen LogP contribution in [0.5, 0.6) is 0 Å². The molecule has 4 heteroatoms. The van der Waals surface area contributed by atoms with Crippen molar-refractivity contribution >= 4 is 0 Å². The van der Waals surface area contributed by atoms with Gasteiger partial charge < -0.3 is 4.98 Å². The summed E-state index contributed by atoms with van der Waals surface area (Å²) in [5.74, 6) is 0. The van der Waals surface area contributed by atoms with Gasteiger partial charge in [0.2, 0.25) is 0 Å². The summed E-state index contributed by atoms with van der Waals surface area (Å²) in [6.07, 6.45) is 10.1. The van der Waals surface area contributed by atoms with Gasteiger partial charge in [-0.3, -0.25) is 9.97 Å². The maximum atomic E-state index is 3.92. The van der Waals surface area contributed by atoms with Crippen LogP contribution in [0.15, 0.2) is 37.3 Å². The fourth-order valence-corrected chi connectivity index (χ4v) is 0.589. The van der Waals surface area contributed by atoms with Crippen molar-refractivity contribution in [2.24, 2.45) is 0 Å². The minimum absolute atomic E-state index is 0.961. The standard InChI is InChI=1S/C5H6N2.C3H4N2/c1-5-4-6-2-3-7-5;1-2-5-3-4-1/h2-4H,1H3;1-3H,(H,4,5). The number of aromatic nitrogens is 4. The molecular weight excluding hydrogens is 152 g/mol. The second kappa shape index (κ2) is 5.01. The van der Waals surface area contributed by atoms with Crippen LogP contribution in [-0.4, -0.2) is 19.9 Å². The van der Waals surface area contributed by atoms with Crippen molar-refractivity contribution in [2.45, 2.75) is 6.92 Å². The zero-order valence-electron chi connectivity index (χ0n) is 6.81. The van der Waals surface area contributed by atoms with Crippen molar-refractivity contribution in [1.29, 1.82) is 0 Å². The third-order valence-corrected chi connectivity index (χ3v) is 1.10. The van der Waals surface area contributed by atoms with Crippen LogP contribution in [0.4, 0.5) is 0 Å². The van der Waals surface area contributed by atoms with E-state index in [4.69, 9.17) is 0 Å². The molecule has 0 spiro atoms. The molecule has 0 radical (unpaired) electrons. The number of nitrogens with zero attached hydrogens (tertiary/aromatic N) is 3. The molecule has 12 heavy (non-hydrogen) atoms. The molecule has 0 bridgehead atoms. The van der Waals surface area contributed by atoms with Crippen molar-refractivity contribution in [2.75, 3.05) is 0 Å². The second-order valence-electron chi connectivity index (χ2n) is 2.11. The molecule has 0 saturated carbocycles. The van der Waals surface area contributed by atoms with E-state index in [0.29, 0.717) is 0 Å². The summed E-state index contributed by atoms with van der Waals surface area (Å²) in [4.78, 5) is 14.2. The smallest absolute Gasteiger partial charge is 0.0919 e. The van der Waals surface area contributed by atoms with Crippen LogP contribution in [0, 0.1) is 6.92 Å². The largest absolute Gasteiger partial charge is 0.351 e. The van der Waals surface area contributed by atoms with Crippen molar-refractivity contribution in [1.82, 2.24) is 19.9 Å². The van der Waals surface area contributed by atoms with Gasteiger partial charge in [0, 0.05) is 31.0 Å². The molecule has 0 aromatic carbocycles. The molecule has 2 aromatic heterocycles. The van der Waals surface area contributed by atoms with Gasteiger partial charge in [-0.15, -0.1) is 0 Å². The summed E-state index contributed by atoms with van der Waals surface area (Å²) in [5, 5.41) is 0. The quantitative estimate of drug-likeness (QED) is 0.633. The van der Waals surface area contributed by atoms with Crippen LogP contribution in [0.25, 0.3) is 0 Å². The monoisotopic (exact) mass is 162 g/mol. The van der Waals surface area contributed by atoms with Crippen LogP contribution >= 0.6 is 0 Å². The Morgan fingerprint density at radius 2 is 2.08 bits per heavy atom. The van der Waals surface area contributed by atoms with Gasteiger partial charge in [0.25, 0.3) is 0 Å². The van der Waals surface area contributed by atoms with Gasteiger partial charge in [0.15, 0.2) is 0 Å². The average Bonchev–Trinajstić information content (AvgIpc) is 2.62. The van der Waals surface area contributed by atoms with Gasteiger partial charge in [-0.25, -0.2) is 4.98 Å². The lowest BCUT2D eigenvalue weighted by Gasteiger charge is -1.81. The summed E-state index contributed by atoms with van der Waals surface area (Å²) in [6, 6.07) is 0. The molecule has 2 heterocycles. The van der Waals surface area contributed by atoms with E-state index in [1.54, 1.807) is 37.3 Å². The lowest BCUT2D eigenvalue weighted by molar-refractivity contribution is 1.12. The highest BCUT2D eigenvalue weighted by Gasteiger charge is 1.74. The Labute approximate surface area is 70.7 Å². The van der Waals surface area contributed by atoms with Crippen molar-refractivity contribution in [3.63, 3.8) is 0 Å². The molecule has 4 nitrogen and oxygen atoms in total. The minimum Gasteiger partial charge on any atom is -0.351 e. The van der Waals surface area contributed by atoms with Gasteiger partial charge in [0.05, 0.1) is 12.0 Å². The van der Waals surface area contributed by atoms with E-state index in [1.807, 2.05) is 6.92 Å². The number of imidazole rings is 1. The topological polar surface area (TPSA) is 54.5 Å². The van der Waals surface area contributed by atoms with Gasteiger partial charge in [-0.05, 0) is 6.92 Å². The number of aryl methyl sites for hydroxylation is 1. The first-order valence-electron chi connectivity index (χ1n) is 3.55. The second-order valence-corrected chi connectivity index (χ2v) is 2.11. The molecule has 62 valence electrons. The van der Waals surface area contributed by atoms with Crippen LogP contribution in [0.2, 0.25) is 0 Å².